The summed E-state index contributed by atoms with van der Waals surface area (Å²) >= 11 is 0. The van der Waals surface area contributed by atoms with Crippen molar-refractivity contribution in [2.75, 3.05) is 5.32 Å². The molecule has 0 aliphatic carbocycles. The van der Waals surface area contributed by atoms with Gasteiger partial charge in [-0.3, -0.25) is 19.7 Å². The fourth-order valence-corrected chi connectivity index (χ4v) is 1.16. The summed E-state index contributed by atoms with van der Waals surface area (Å²) in [4.78, 5) is 31.6. The molecule has 7 heteroatoms. The molecule has 1 amide bonds. The molecule has 0 bridgehead atoms. The van der Waals surface area contributed by atoms with Crippen LogP contribution in [-0.2, 0) is 9.59 Å². The molecule has 0 spiro atoms. The van der Waals surface area contributed by atoms with Crippen molar-refractivity contribution in [1.82, 2.24) is 0 Å². The maximum Gasteiger partial charge on any atom is 0.308 e. The average Bonchev–Trinajstić information content (AvgIpc) is 2.18. The minimum Gasteiger partial charge on any atom is -0.424 e. The first-order valence-corrected chi connectivity index (χ1v) is 4.64. The highest BCUT2D eigenvalue weighted by Gasteiger charge is 2.14. The Balaban J connectivity index is 3.15. The van der Waals surface area contributed by atoms with E-state index in [1.165, 1.54) is 19.1 Å². The Hall–Kier alpha value is -2.44. The van der Waals surface area contributed by atoms with E-state index in [9.17, 15) is 19.7 Å². The van der Waals surface area contributed by atoms with Gasteiger partial charge in [0.1, 0.15) is 0 Å². The molecule has 0 saturated heterocycles. The molecule has 1 N–H and O–H groups in total. The van der Waals surface area contributed by atoms with Gasteiger partial charge in [0.05, 0.1) is 16.7 Å². The molecule has 0 fully saturated rings. The number of anilines is 1. The van der Waals surface area contributed by atoms with Crippen molar-refractivity contribution in [3.8, 4) is 5.75 Å². The summed E-state index contributed by atoms with van der Waals surface area (Å²) in [6, 6.07) is 3.59. The predicted molar refractivity (Wildman–Crippen MR) is 58.7 cm³/mol. The molecule has 0 atom stereocenters. The molecular formula is C10H10N2O5. The van der Waals surface area contributed by atoms with Gasteiger partial charge in [-0.25, -0.2) is 0 Å². The number of amides is 1. The summed E-state index contributed by atoms with van der Waals surface area (Å²) in [5.74, 6) is -1.05. The van der Waals surface area contributed by atoms with Crippen LogP contribution in [0.2, 0.25) is 0 Å². The normalized spacial score (nSPS) is 9.53. The number of ether oxygens (including phenoxy) is 1. The van der Waals surface area contributed by atoms with Crippen LogP contribution in [0.25, 0.3) is 0 Å². The van der Waals surface area contributed by atoms with Crippen LogP contribution in [0.5, 0.6) is 5.75 Å². The van der Waals surface area contributed by atoms with E-state index in [1.807, 2.05) is 0 Å². The first-order chi connectivity index (χ1) is 7.90. The second kappa shape index (κ2) is 5.06. The van der Waals surface area contributed by atoms with E-state index < -0.39 is 10.9 Å². The van der Waals surface area contributed by atoms with E-state index in [2.05, 4.69) is 5.32 Å². The summed E-state index contributed by atoms with van der Waals surface area (Å²) in [6.07, 6.45) is 0. The number of rotatable bonds is 3. The summed E-state index contributed by atoms with van der Waals surface area (Å²) in [5.41, 5.74) is -0.0198. The zero-order valence-corrected chi connectivity index (χ0v) is 9.22. The fourth-order valence-electron chi connectivity index (χ4n) is 1.16. The minimum atomic E-state index is -0.628. The van der Waals surface area contributed by atoms with Crippen molar-refractivity contribution in [3.05, 3.63) is 28.3 Å². The van der Waals surface area contributed by atoms with Gasteiger partial charge in [0.2, 0.25) is 5.91 Å². The highest BCUT2D eigenvalue weighted by molar-refractivity contribution is 5.91. The topological polar surface area (TPSA) is 98.5 Å². The number of esters is 1. The van der Waals surface area contributed by atoms with E-state index in [1.54, 1.807) is 0 Å². The van der Waals surface area contributed by atoms with Crippen LogP contribution in [0.4, 0.5) is 11.4 Å². The number of nitro groups is 1. The van der Waals surface area contributed by atoms with Crippen molar-refractivity contribution < 1.29 is 19.2 Å². The number of non-ortho nitro benzene ring substituents is 1. The SMILES string of the molecule is CC(=O)Nc1ccc([N+](=O)[O-])cc1OC(C)=O. The van der Waals surface area contributed by atoms with Gasteiger partial charge in [-0.15, -0.1) is 0 Å². The van der Waals surface area contributed by atoms with Gasteiger partial charge in [-0.1, -0.05) is 0 Å². The third-order valence-electron chi connectivity index (χ3n) is 1.74. The predicted octanol–water partition coefficient (Wildman–Crippen LogP) is 1.48. The number of hydrogen-bond donors (Lipinski definition) is 1. The number of carbonyl (C=O) groups is 2. The van der Waals surface area contributed by atoms with Crippen LogP contribution < -0.4 is 10.1 Å². The molecule has 0 aliphatic heterocycles. The molecule has 0 aliphatic rings. The first-order valence-electron chi connectivity index (χ1n) is 4.64. The smallest absolute Gasteiger partial charge is 0.308 e. The third-order valence-corrected chi connectivity index (χ3v) is 1.74. The summed E-state index contributed by atoms with van der Waals surface area (Å²) in [5, 5.41) is 13.0. The number of nitrogens with one attached hydrogen (secondary N) is 1. The number of carbonyl (C=O) groups excluding carboxylic acids is 2. The van der Waals surface area contributed by atoms with E-state index in [0.29, 0.717) is 0 Å². The third kappa shape index (κ3) is 3.56. The van der Waals surface area contributed by atoms with Gasteiger partial charge in [-0.2, -0.15) is 0 Å². The van der Waals surface area contributed by atoms with Crippen LogP contribution in [0.1, 0.15) is 13.8 Å². The fraction of sp³-hybridized carbons (Fsp3) is 0.200. The lowest BCUT2D eigenvalue weighted by Crippen LogP contribution is -2.10. The molecule has 0 heterocycles. The molecule has 7 nitrogen and oxygen atoms in total. The zero-order chi connectivity index (χ0) is 13.0. The highest BCUT2D eigenvalue weighted by Crippen LogP contribution is 2.29. The largest absolute Gasteiger partial charge is 0.424 e. The van der Waals surface area contributed by atoms with Crippen molar-refractivity contribution in [1.29, 1.82) is 0 Å². The van der Waals surface area contributed by atoms with Crippen molar-refractivity contribution in [3.63, 3.8) is 0 Å². The number of nitrogens with zero attached hydrogens (tertiary/aromatic N) is 1. The van der Waals surface area contributed by atoms with E-state index in [0.717, 1.165) is 13.0 Å². The maximum atomic E-state index is 10.9. The number of hydrogen-bond acceptors (Lipinski definition) is 5. The monoisotopic (exact) mass is 238 g/mol. The molecule has 0 saturated carbocycles. The van der Waals surface area contributed by atoms with Crippen LogP contribution in [0, 0.1) is 10.1 Å². The van der Waals surface area contributed by atoms with Crippen LogP contribution in [0.15, 0.2) is 18.2 Å². The van der Waals surface area contributed by atoms with Crippen LogP contribution in [0.3, 0.4) is 0 Å². The molecule has 0 aromatic heterocycles. The van der Waals surface area contributed by atoms with E-state index >= 15 is 0 Å². The van der Waals surface area contributed by atoms with Gasteiger partial charge < -0.3 is 10.1 Å². The highest BCUT2D eigenvalue weighted by atomic mass is 16.6. The zero-order valence-electron chi connectivity index (χ0n) is 9.22. The first kappa shape index (κ1) is 12.6. The molecule has 0 radical (unpaired) electrons. The van der Waals surface area contributed by atoms with Crippen molar-refractivity contribution in [2.45, 2.75) is 13.8 Å². The Morgan fingerprint density at radius 1 is 1.35 bits per heavy atom. The Morgan fingerprint density at radius 2 is 2.00 bits per heavy atom. The second-order valence-corrected chi connectivity index (χ2v) is 3.21. The number of benzene rings is 1. The molecule has 1 rings (SSSR count). The average molecular weight is 238 g/mol. The Morgan fingerprint density at radius 3 is 2.47 bits per heavy atom. The standard InChI is InChI=1S/C10H10N2O5/c1-6(13)11-9-4-3-8(12(15)16)5-10(9)17-7(2)14/h3-5H,1-2H3,(H,11,13). The second-order valence-electron chi connectivity index (χ2n) is 3.21. The van der Waals surface area contributed by atoms with Gasteiger partial charge in [0, 0.05) is 19.9 Å². The maximum absolute atomic E-state index is 10.9. The lowest BCUT2D eigenvalue weighted by atomic mass is 10.2. The molecule has 0 unspecified atom stereocenters. The Bertz CT molecular complexity index is 484. The summed E-state index contributed by atoms with van der Waals surface area (Å²) < 4.78 is 4.78. The number of nitro benzene ring substituents is 1. The lowest BCUT2D eigenvalue weighted by molar-refractivity contribution is -0.384. The Labute approximate surface area is 96.5 Å². The van der Waals surface area contributed by atoms with E-state index in [-0.39, 0.29) is 23.0 Å². The summed E-state index contributed by atoms with van der Waals surface area (Å²) in [6.45, 7) is 2.44. The molecule has 90 valence electrons. The molecule has 1 aromatic carbocycles. The van der Waals surface area contributed by atoms with Gasteiger partial charge in [-0.05, 0) is 6.07 Å². The van der Waals surface area contributed by atoms with E-state index in [4.69, 9.17) is 4.74 Å². The molecule has 17 heavy (non-hydrogen) atoms. The van der Waals surface area contributed by atoms with Crippen LogP contribution >= 0.6 is 0 Å². The van der Waals surface area contributed by atoms with Gasteiger partial charge >= 0.3 is 5.97 Å². The van der Waals surface area contributed by atoms with Crippen molar-refractivity contribution in [2.24, 2.45) is 0 Å². The lowest BCUT2D eigenvalue weighted by Gasteiger charge is -2.08. The Kier molecular flexibility index (Phi) is 3.76. The van der Waals surface area contributed by atoms with Gasteiger partial charge in [0.25, 0.3) is 5.69 Å². The van der Waals surface area contributed by atoms with Gasteiger partial charge in [0.15, 0.2) is 5.75 Å². The minimum absolute atomic E-state index is 0.0538. The summed E-state index contributed by atoms with van der Waals surface area (Å²) in [7, 11) is 0. The van der Waals surface area contributed by atoms with Crippen molar-refractivity contribution >= 4 is 23.3 Å². The molecular weight excluding hydrogens is 228 g/mol. The quantitative estimate of drug-likeness (QED) is 0.372. The van der Waals surface area contributed by atoms with Crippen LogP contribution in [-0.4, -0.2) is 16.8 Å². The molecule has 1 aromatic rings.